The van der Waals surface area contributed by atoms with Gasteiger partial charge in [0.2, 0.25) is 0 Å². The van der Waals surface area contributed by atoms with Crippen LogP contribution in [0.1, 0.15) is 6.92 Å². The first-order valence-electron chi connectivity index (χ1n) is 4.78. The topological polar surface area (TPSA) is 43.4 Å². The van der Waals surface area contributed by atoms with Gasteiger partial charge in [-0.3, -0.25) is 9.59 Å². The van der Waals surface area contributed by atoms with Crippen molar-refractivity contribution in [3.8, 4) is 0 Å². The van der Waals surface area contributed by atoms with Crippen LogP contribution in [0.15, 0.2) is 23.3 Å². The van der Waals surface area contributed by atoms with E-state index in [-0.39, 0.29) is 29.8 Å². The number of ether oxygens (including phenoxy) is 1. The Morgan fingerprint density at radius 1 is 1.29 bits per heavy atom. The van der Waals surface area contributed by atoms with E-state index in [1.807, 2.05) is 19.1 Å². The van der Waals surface area contributed by atoms with Gasteiger partial charge in [-0.25, -0.2) is 0 Å². The second-order valence-corrected chi connectivity index (χ2v) is 4.08. The fourth-order valence-corrected chi connectivity index (χ4v) is 2.84. The van der Waals surface area contributed by atoms with Crippen LogP contribution >= 0.6 is 0 Å². The minimum atomic E-state index is -0.120. The molecule has 2 heterocycles. The molecule has 0 amide bonds. The molecular formula is C11H10O3. The third kappa shape index (κ3) is 0.722. The zero-order chi connectivity index (χ0) is 9.87. The third-order valence-electron chi connectivity index (χ3n) is 3.51. The predicted octanol–water partition coefficient (Wildman–Crippen LogP) is 0.654. The highest BCUT2D eigenvalue weighted by molar-refractivity contribution is 6.16. The van der Waals surface area contributed by atoms with Crippen molar-refractivity contribution in [2.24, 2.45) is 11.8 Å². The van der Waals surface area contributed by atoms with E-state index in [0.717, 1.165) is 5.57 Å². The lowest BCUT2D eigenvalue weighted by Crippen LogP contribution is -2.26. The molecule has 0 N–H and O–H groups in total. The van der Waals surface area contributed by atoms with Gasteiger partial charge in [0.1, 0.15) is 0 Å². The standard InChI is InChI=1S/C11H10O3/c1-5-6(4-12)11(13)10-8-3-2-7(14-8)9(5)10/h2-4,7-10H,1H3. The highest BCUT2D eigenvalue weighted by atomic mass is 16.5. The summed E-state index contributed by atoms with van der Waals surface area (Å²) in [6.45, 7) is 1.87. The molecule has 4 unspecified atom stereocenters. The summed E-state index contributed by atoms with van der Waals surface area (Å²) >= 11 is 0. The molecule has 72 valence electrons. The highest BCUT2D eigenvalue weighted by Crippen LogP contribution is 2.48. The number of allylic oxidation sites excluding steroid dienone is 1. The molecule has 2 aliphatic heterocycles. The van der Waals surface area contributed by atoms with E-state index in [9.17, 15) is 9.59 Å². The second kappa shape index (κ2) is 2.42. The maximum Gasteiger partial charge on any atom is 0.172 e. The van der Waals surface area contributed by atoms with E-state index < -0.39 is 0 Å². The van der Waals surface area contributed by atoms with E-state index in [4.69, 9.17) is 4.74 Å². The van der Waals surface area contributed by atoms with E-state index >= 15 is 0 Å². The molecule has 0 saturated carbocycles. The summed E-state index contributed by atoms with van der Waals surface area (Å²) < 4.78 is 5.59. The Morgan fingerprint density at radius 2 is 1.93 bits per heavy atom. The molecule has 4 atom stereocenters. The van der Waals surface area contributed by atoms with Crippen molar-refractivity contribution >= 4 is 12.1 Å². The average Bonchev–Trinajstić information content (AvgIpc) is 2.80. The number of hydrogen-bond acceptors (Lipinski definition) is 3. The molecule has 1 aliphatic carbocycles. The number of aldehydes is 1. The lowest BCUT2D eigenvalue weighted by Gasteiger charge is -2.16. The lowest BCUT2D eigenvalue weighted by atomic mass is 9.82. The summed E-state index contributed by atoms with van der Waals surface area (Å²) in [4.78, 5) is 22.6. The van der Waals surface area contributed by atoms with Crippen molar-refractivity contribution < 1.29 is 14.3 Å². The van der Waals surface area contributed by atoms with Crippen LogP contribution in [0, 0.1) is 11.8 Å². The van der Waals surface area contributed by atoms with Crippen molar-refractivity contribution in [1.29, 1.82) is 0 Å². The summed E-state index contributed by atoms with van der Waals surface area (Å²) in [5.41, 5.74) is 1.29. The number of carbonyl (C=O) groups excluding carboxylic acids is 2. The van der Waals surface area contributed by atoms with Gasteiger partial charge in [-0.1, -0.05) is 17.7 Å². The van der Waals surface area contributed by atoms with Gasteiger partial charge in [-0.15, -0.1) is 0 Å². The summed E-state index contributed by atoms with van der Waals surface area (Å²) in [5, 5.41) is 0. The molecule has 1 fully saturated rings. The minimum Gasteiger partial charge on any atom is -0.365 e. The predicted molar refractivity (Wildman–Crippen MR) is 48.6 cm³/mol. The van der Waals surface area contributed by atoms with E-state index in [1.165, 1.54) is 0 Å². The van der Waals surface area contributed by atoms with Gasteiger partial charge in [0, 0.05) is 5.92 Å². The Kier molecular flexibility index (Phi) is 1.40. The minimum absolute atomic E-state index is 0.0198. The third-order valence-corrected chi connectivity index (χ3v) is 3.51. The fourth-order valence-electron chi connectivity index (χ4n) is 2.84. The number of Topliss-reactive ketones (excluding diaryl/α,β-unsaturated/α-hetero) is 1. The Hall–Kier alpha value is -1.22. The van der Waals surface area contributed by atoms with Crippen LogP contribution in [-0.2, 0) is 14.3 Å². The highest BCUT2D eigenvalue weighted by Gasteiger charge is 2.54. The van der Waals surface area contributed by atoms with E-state index in [1.54, 1.807) is 0 Å². The number of rotatable bonds is 1. The molecule has 2 bridgehead atoms. The molecule has 3 heteroatoms. The molecule has 14 heavy (non-hydrogen) atoms. The summed E-state index contributed by atoms with van der Waals surface area (Å²) in [7, 11) is 0. The molecule has 3 aliphatic rings. The zero-order valence-corrected chi connectivity index (χ0v) is 7.77. The lowest BCUT2D eigenvalue weighted by molar-refractivity contribution is -0.121. The van der Waals surface area contributed by atoms with Gasteiger partial charge < -0.3 is 4.74 Å². The van der Waals surface area contributed by atoms with Crippen LogP contribution in [-0.4, -0.2) is 24.3 Å². The molecule has 0 radical (unpaired) electrons. The first-order valence-corrected chi connectivity index (χ1v) is 4.78. The zero-order valence-electron chi connectivity index (χ0n) is 7.77. The summed E-state index contributed by atoms with van der Waals surface area (Å²) in [5.74, 6) is -0.0257. The second-order valence-electron chi connectivity index (χ2n) is 4.08. The van der Waals surface area contributed by atoms with Crippen molar-refractivity contribution in [2.75, 3.05) is 0 Å². The van der Waals surface area contributed by atoms with Crippen LogP contribution in [0.25, 0.3) is 0 Å². The van der Waals surface area contributed by atoms with Crippen molar-refractivity contribution in [3.05, 3.63) is 23.3 Å². The Balaban J connectivity index is 2.11. The Labute approximate surface area is 81.4 Å². The van der Waals surface area contributed by atoms with Gasteiger partial charge in [0.15, 0.2) is 12.1 Å². The first kappa shape index (κ1) is 8.12. The Bertz CT molecular complexity index is 391. The number of fused-ring (bicyclic) bond motifs is 5. The molecule has 0 aromatic rings. The van der Waals surface area contributed by atoms with Gasteiger partial charge >= 0.3 is 0 Å². The number of ketones is 1. The summed E-state index contributed by atoms with van der Waals surface area (Å²) in [6, 6.07) is 0. The maximum absolute atomic E-state index is 11.8. The monoisotopic (exact) mass is 190 g/mol. The molecule has 3 nitrogen and oxygen atoms in total. The van der Waals surface area contributed by atoms with Crippen molar-refractivity contribution in [3.63, 3.8) is 0 Å². The van der Waals surface area contributed by atoms with Crippen LogP contribution < -0.4 is 0 Å². The SMILES string of the molecule is CC1=C(C=O)C(=O)C2C3C=CC(O3)C12. The number of hydrogen-bond donors (Lipinski definition) is 0. The van der Waals surface area contributed by atoms with Gasteiger partial charge in [0.25, 0.3) is 0 Å². The van der Waals surface area contributed by atoms with Crippen LogP contribution in [0.2, 0.25) is 0 Å². The molecule has 0 aromatic carbocycles. The molecule has 1 saturated heterocycles. The normalized spacial score (nSPS) is 43.6. The Morgan fingerprint density at radius 3 is 2.50 bits per heavy atom. The van der Waals surface area contributed by atoms with Crippen LogP contribution in [0.3, 0.4) is 0 Å². The molecular weight excluding hydrogens is 180 g/mol. The fraction of sp³-hybridized carbons (Fsp3) is 0.455. The number of carbonyl (C=O) groups is 2. The van der Waals surface area contributed by atoms with Crippen molar-refractivity contribution in [1.82, 2.24) is 0 Å². The largest absolute Gasteiger partial charge is 0.365 e. The molecule has 3 rings (SSSR count). The van der Waals surface area contributed by atoms with Crippen LogP contribution in [0.4, 0.5) is 0 Å². The molecule has 0 spiro atoms. The summed E-state index contributed by atoms with van der Waals surface area (Å²) in [6.07, 6.45) is 4.55. The van der Waals surface area contributed by atoms with E-state index in [0.29, 0.717) is 11.9 Å². The van der Waals surface area contributed by atoms with E-state index in [2.05, 4.69) is 0 Å². The maximum atomic E-state index is 11.8. The van der Waals surface area contributed by atoms with Crippen molar-refractivity contribution in [2.45, 2.75) is 19.1 Å². The van der Waals surface area contributed by atoms with Gasteiger partial charge in [-0.05, 0) is 6.92 Å². The quantitative estimate of drug-likeness (QED) is 0.346. The average molecular weight is 190 g/mol. The first-order chi connectivity index (χ1) is 6.74. The smallest absolute Gasteiger partial charge is 0.172 e. The molecule has 0 aromatic heterocycles. The van der Waals surface area contributed by atoms with Gasteiger partial charge in [-0.2, -0.15) is 0 Å². The van der Waals surface area contributed by atoms with Crippen LogP contribution in [0.5, 0.6) is 0 Å². The van der Waals surface area contributed by atoms with Gasteiger partial charge in [0.05, 0.1) is 23.7 Å².